The van der Waals surface area contributed by atoms with Crippen LogP contribution in [-0.2, 0) is 11.2 Å². The van der Waals surface area contributed by atoms with Gasteiger partial charge in [-0.25, -0.2) is 9.59 Å². The highest BCUT2D eigenvalue weighted by Gasteiger charge is 2.33. The van der Waals surface area contributed by atoms with Crippen LogP contribution in [0.2, 0.25) is 0 Å². The van der Waals surface area contributed by atoms with Crippen LogP contribution >= 0.6 is 31.9 Å². The van der Waals surface area contributed by atoms with Gasteiger partial charge in [-0.15, -0.1) is 0 Å². The number of urea groups is 1. The van der Waals surface area contributed by atoms with E-state index in [4.69, 9.17) is 0 Å². The molecule has 3 N–H and O–H groups in total. The molecule has 2 aromatic heterocycles. The Morgan fingerprint density at radius 2 is 1.57 bits per heavy atom. The molecule has 10 nitrogen and oxygen atoms in total. The molecule has 12 heteroatoms. The molecule has 1 atom stereocenters. The van der Waals surface area contributed by atoms with E-state index < -0.39 is 6.04 Å². The second kappa shape index (κ2) is 14.3. The first-order chi connectivity index (χ1) is 22.3. The summed E-state index contributed by atoms with van der Waals surface area (Å²) in [6.45, 7) is 2.12. The Morgan fingerprint density at radius 1 is 0.935 bits per heavy atom. The number of piperidine rings is 2. The number of nitrogens with zero attached hydrogens (tertiary/aromatic N) is 4. The van der Waals surface area contributed by atoms with Crippen molar-refractivity contribution in [1.29, 1.82) is 0 Å². The number of benzene rings is 2. The van der Waals surface area contributed by atoms with Gasteiger partial charge in [-0.2, -0.15) is 0 Å². The largest absolute Gasteiger partial charge is 0.506 e. The average molecular weight is 753 g/mol. The zero-order valence-electron chi connectivity index (χ0n) is 25.2. The Hall–Kier alpha value is -3.90. The zero-order chi connectivity index (χ0) is 32.2. The first-order valence-corrected chi connectivity index (χ1v) is 17.1. The Bertz CT molecular complexity index is 1710. The van der Waals surface area contributed by atoms with Crippen LogP contribution < -0.4 is 11.0 Å². The predicted octanol–water partition coefficient (Wildman–Crippen LogP) is 5.83. The molecule has 2 saturated heterocycles. The number of H-pyrrole nitrogens is 1. The van der Waals surface area contributed by atoms with Crippen molar-refractivity contribution >= 4 is 43.8 Å². The molecular weight excluding hydrogens is 716 g/mol. The SMILES string of the molecule is O=C(N[C@@H](Cc1cc(Br)c(O)c(Br)c1)C(=O)N1CCC(c2ccncc2)CC1)N1CCC(n2cc(-c3ccccc3)[nH]c2=O)CC1. The molecule has 0 bridgehead atoms. The predicted molar refractivity (Wildman–Crippen MR) is 183 cm³/mol. The molecular formula is C34H36Br2N6O4. The number of halogens is 2. The lowest BCUT2D eigenvalue weighted by Gasteiger charge is -2.36. The topological polar surface area (TPSA) is 124 Å². The molecule has 2 aliphatic rings. The maximum absolute atomic E-state index is 14.0. The van der Waals surface area contributed by atoms with Crippen molar-refractivity contribution < 1.29 is 14.7 Å². The number of rotatable bonds is 7. The summed E-state index contributed by atoms with van der Waals surface area (Å²) in [5, 5.41) is 13.3. The molecule has 4 aromatic rings. The number of hydrogen-bond donors (Lipinski definition) is 3. The Morgan fingerprint density at radius 3 is 2.22 bits per heavy atom. The van der Waals surface area contributed by atoms with E-state index in [9.17, 15) is 19.5 Å². The highest BCUT2D eigenvalue weighted by Crippen LogP contribution is 2.34. The Balaban J connectivity index is 1.12. The van der Waals surface area contributed by atoms with Crippen LogP contribution in [0, 0.1) is 0 Å². The van der Waals surface area contributed by atoms with Crippen LogP contribution in [0.25, 0.3) is 11.3 Å². The van der Waals surface area contributed by atoms with Gasteiger partial charge in [0.15, 0.2) is 0 Å². The van der Waals surface area contributed by atoms with E-state index in [1.807, 2.05) is 53.6 Å². The maximum Gasteiger partial charge on any atom is 0.326 e. The molecule has 2 aliphatic heterocycles. The molecule has 0 saturated carbocycles. The first-order valence-electron chi connectivity index (χ1n) is 15.5. The third-order valence-electron chi connectivity index (χ3n) is 9.07. The lowest BCUT2D eigenvalue weighted by Crippen LogP contribution is -2.55. The van der Waals surface area contributed by atoms with Crippen molar-refractivity contribution in [2.75, 3.05) is 26.2 Å². The second-order valence-corrected chi connectivity index (χ2v) is 13.7. The highest BCUT2D eigenvalue weighted by molar-refractivity contribution is 9.11. The van der Waals surface area contributed by atoms with Gasteiger partial charge >= 0.3 is 11.7 Å². The number of amides is 3. The van der Waals surface area contributed by atoms with Crippen molar-refractivity contribution in [3.63, 3.8) is 0 Å². The third-order valence-corrected chi connectivity index (χ3v) is 10.3. The van der Waals surface area contributed by atoms with Gasteiger partial charge in [0, 0.05) is 57.2 Å². The Labute approximate surface area is 284 Å². The molecule has 4 heterocycles. The number of carbonyl (C=O) groups excluding carboxylic acids is 2. The number of aromatic hydroxyl groups is 1. The number of carbonyl (C=O) groups is 2. The molecule has 6 rings (SSSR count). The van der Waals surface area contributed by atoms with E-state index in [0.29, 0.717) is 53.9 Å². The number of pyridine rings is 1. The molecule has 0 radical (unpaired) electrons. The Kier molecular flexibility index (Phi) is 9.93. The summed E-state index contributed by atoms with van der Waals surface area (Å²) >= 11 is 6.77. The van der Waals surface area contributed by atoms with Crippen molar-refractivity contribution in [2.24, 2.45) is 0 Å². The first kappa shape index (κ1) is 32.1. The highest BCUT2D eigenvalue weighted by atomic mass is 79.9. The third kappa shape index (κ3) is 7.23. The average Bonchev–Trinajstić information content (AvgIpc) is 3.48. The van der Waals surface area contributed by atoms with E-state index in [1.165, 1.54) is 5.56 Å². The number of phenolic OH excluding ortho intramolecular Hbond substituents is 1. The molecule has 0 spiro atoms. The molecule has 46 heavy (non-hydrogen) atoms. The molecule has 3 amide bonds. The van der Waals surface area contributed by atoms with Gasteiger partial charge in [0.05, 0.1) is 14.6 Å². The fourth-order valence-electron chi connectivity index (χ4n) is 6.49. The number of nitrogens with one attached hydrogen (secondary N) is 2. The smallest absolute Gasteiger partial charge is 0.326 e. The maximum atomic E-state index is 14.0. The summed E-state index contributed by atoms with van der Waals surface area (Å²) in [6.07, 6.45) is 8.65. The monoisotopic (exact) mass is 750 g/mol. The van der Waals surface area contributed by atoms with Gasteiger partial charge in [0.1, 0.15) is 11.8 Å². The number of phenols is 1. The fourth-order valence-corrected chi connectivity index (χ4v) is 7.77. The van der Waals surface area contributed by atoms with Crippen LogP contribution in [0.1, 0.15) is 48.8 Å². The summed E-state index contributed by atoms with van der Waals surface area (Å²) in [7, 11) is 0. The van der Waals surface area contributed by atoms with E-state index in [1.54, 1.807) is 34.0 Å². The van der Waals surface area contributed by atoms with E-state index in [0.717, 1.165) is 29.7 Å². The van der Waals surface area contributed by atoms with Crippen molar-refractivity contribution in [3.8, 4) is 17.0 Å². The van der Waals surface area contributed by atoms with Crippen LogP contribution in [0.4, 0.5) is 4.79 Å². The molecule has 0 aliphatic carbocycles. The minimum Gasteiger partial charge on any atom is -0.506 e. The van der Waals surface area contributed by atoms with Crippen molar-refractivity contribution in [3.05, 3.63) is 104 Å². The number of likely N-dealkylation sites (tertiary alicyclic amines) is 2. The summed E-state index contributed by atoms with van der Waals surface area (Å²) in [5.41, 5.74) is 3.57. The van der Waals surface area contributed by atoms with E-state index >= 15 is 0 Å². The van der Waals surface area contributed by atoms with Gasteiger partial charge < -0.3 is 25.2 Å². The van der Waals surface area contributed by atoms with Gasteiger partial charge in [-0.1, -0.05) is 30.3 Å². The van der Waals surface area contributed by atoms with Gasteiger partial charge in [-0.05, 0) is 104 Å². The normalized spacial score (nSPS) is 16.7. The van der Waals surface area contributed by atoms with E-state index in [2.05, 4.69) is 47.1 Å². The van der Waals surface area contributed by atoms with Crippen molar-refractivity contribution in [2.45, 2.75) is 50.1 Å². The minimum absolute atomic E-state index is 0.0314. The van der Waals surface area contributed by atoms with Gasteiger partial charge in [0.2, 0.25) is 5.91 Å². The van der Waals surface area contributed by atoms with Gasteiger partial charge in [-0.3, -0.25) is 14.3 Å². The summed E-state index contributed by atoms with van der Waals surface area (Å²) in [5.74, 6) is 0.319. The quantitative estimate of drug-likeness (QED) is 0.219. The standard InChI is InChI=1S/C34H36Br2N6O4/c35-27-18-22(19-28(36)31(27)43)20-29(32(44)40-14-8-24(9-15-40)23-6-12-37-13-7-23)38-33(45)41-16-10-26(11-17-41)42-21-30(39-34(42)46)25-4-2-1-3-5-25/h1-7,12-13,18-19,21,24,26,29,43H,8-11,14-17,20H2,(H,38,45)(H,39,46)/t29-/m0/s1. The van der Waals surface area contributed by atoms with Crippen LogP contribution in [0.3, 0.4) is 0 Å². The summed E-state index contributed by atoms with van der Waals surface area (Å²) in [4.78, 5) is 51.0. The van der Waals surface area contributed by atoms with E-state index in [-0.39, 0.29) is 35.8 Å². The number of hydrogen-bond acceptors (Lipinski definition) is 5. The zero-order valence-corrected chi connectivity index (χ0v) is 28.4. The fraction of sp³-hybridized carbons (Fsp3) is 0.353. The van der Waals surface area contributed by atoms with Gasteiger partial charge in [0.25, 0.3) is 0 Å². The lowest BCUT2D eigenvalue weighted by molar-refractivity contribution is -0.134. The minimum atomic E-state index is -0.785. The molecule has 2 fully saturated rings. The number of imidazole rings is 1. The van der Waals surface area contributed by atoms with Crippen molar-refractivity contribution in [1.82, 2.24) is 29.7 Å². The molecule has 2 aromatic carbocycles. The molecule has 240 valence electrons. The molecule has 0 unspecified atom stereocenters. The number of aromatic amines is 1. The summed E-state index contributed by atoms with van der Waals surface area (Å²) < 4.78 is 2.75. The van der Waals surface area contributed by atoms with Crippen LogP contribution in [-0.4, -0.2) is 73.6 Å². The second-order valence-electron chi connectivity index (χ2n) is 12.0. The van der Waals surface area contributed by atoms with Crippen LogP contribution in [0.5, 0.6) is 5.75 Å². The lowest BCUT2D eigenvalue weighted by atomic mass is 9.89. The van der Waals surface area contributed by atoms with Crippen LogP contribution in [0.15, 0.2) is 86.9 Å². The summed E-state index contributed by atoms with van der Waals surface area (Å²) in [6, 6.07) is 16.2. The number of aromatic nitrogens is 3.